The van der Waals surface area contributed by atoms with E-state index in [9.17, 15) is 18.0 Å². The number of nitrogens with zero attached hydrogens (tertiary/aromatic N) is 5. The number of aromatic nitrogens is 5. The van der Waals surface area contributed by atoms with Gasteiger partial charge in [0.05, 0.1) is 10.2 Å². The molecule has 0 aliphatic carbocycles. The number of thioether (sulfide) groups is 1. The van der Waals surface area contributed by atoms with Gasteiger partial charge in [-0.3, -0.25) is 4.79 Å². The van der Waals surface area contributed by atoms with Crippen LogP contribution in [0.1, 0.15) is 6.42 Å². The van der Waals surface area contributed by atoms with E-state index in [4.69, 9.17) is 0 Å². The first-order valence-corrected chi connectivity index (χ1v) is 9.92. The maximum atomic E-state index is 12.3. The van der Waals surface area contributed by atoms with Crippen LogP contribution < -0.4 is 10.1 Å². The lowest BCUT2D eigenvalue weighted by Gasteiger charge is -2.07. The van der Waals surface area contributed by atoms with Crippen LogP contribution in [0.25, 0.3) is 15.9 Å². The molecule has 0 saturated heterocycles. The highest BCUT2D eigenvalue weighted by Crippen LogP contribution is 2.31. The number of hydrogen-bond acceptors (Lipinski definition) is 8. The predicted molar refractivity (Wildman–Crippen MR) is 101 cm³/mol. The van der Waals surface area contributed by atoms with E-state index in [0.29, 0.717) is 26.7 Å². The van der Waals surface area contributed by atoms with Crippen LogP contribution in [0.2, 0.25) is 0 Å². The molecule has 8 nitrogen and oxygen atoms in total. The third-order valence-corrected chi connectivity index (χ3v) is 5.41. The maximum absolute atomic E-state index is 12.3. The third kappa shape index (κ3) is 4.92. The first-order valence-electron chi connectivity index (χ1n) is 8.12. The van der Waals surface area contributed by atoms with Crippen molar-refractivity contribution in [2.24, 2.45) is 0 Å². The Morgan fingerprint density at radius 1 is 1.28 bits per heavy atom. The number of carbonyl (C=O) groups is 1. The van der Waals surface area contributed by atoms with Gasteiger partial charge in [-0.25, -0.2) is 4.98 Å². The van der Waals surface area contributed by atoms with Gasteiger partial charge in [0.25, 0.3) is 0 Å². The van der Waals surface area contributed by atoms with Gasteiger partial charge in [-0.15, -0.1) is 35.1 Å². The summed E-state index contributed by atoms with van der Waals surface area (Å²) in [6.07, 6.45) is -3.06. The summed E-state index contributed by atoms with van der Waals surface area (Å²) in [7, 11) is 0. The van der Waals surface area contributed by atoms with Crippen molar-refractivity contribution in [2.75, 3.05) is 11.1 Å². The molecular weight excluding hydrogens is 429 g/mol. The second kappa shape index (κ2) is 7.83. The highest BCUT2D eigenvalue weighted by atomic mass is 32.2. The van der Waals surface area contributed by atoms with E-state index in [2.05, 4.69) is 30.3 Å². The van der Waals surface area contributed by atoms with Crippen molar-refractivity contribution in [3.8, 4) is 5.75 Å². The lowest BCUT2D eigenvalue weighted by atomic mass is 10.3. The van der Waals surface area contributed by atoms with Crippen LogP contribution in [0, 0.1) is 0 Å². The van der Waals surface area contributed by atoms with Gasteiger partial charge in [0.2, 0.25) is 5.91 Å². The maximum Gasteiger partial charge on any atom is 0.573 e. The Labute approximate surface area is 169 Å². The molecule has 0 aliphatic heterocycles. The van der Waals surface area contributed by atoms with E-state index < -0.39 is 6.36 Å². The summed E-state index contributed by atoms with van der Waals surface area (Å²) in [6, 6.07) is 7.39. The molecule has 13 heteroatoms. The first-order chi connectivity index (χ1) is 13.9. The van der Waals surface area contributed by atoms with Crippen LogP contribution in [0.4, 0.5) is 18.3 Å². The molecule has 0 unspecified atom stereocenters. The highest BCUT2D eigenvalue weighted by Gasteiger charge is 2.31. The summed E-state index contributed by atoms with van der Waals surface area (Å²) in [5.41, 5.74) is 1.10. The summed E-state index contributed by atoms with van der Waals surface area (Å²) in [5, 5.41) is 15.6. The number of thiazole rings is 1. The zero-order chi connectivity index (χ0) is 20.4. The van der Waals surface area contributed by atoms with Gasteiger partial charge in [-0.1, -0.05) is 11.3 Å². The smallest absolute Gasteiger partial charge is 0.406 e. The summed E-state index contributed by atoms with van der Waals surface area (Å²) < 4.78 is 42.9. The molecular formula is C16H11F3N6O2S2. The Morgan fingerprint density at radius 2 is 2.14 bits per heavy atom. The quantitative estimate of drug-likeness (QED) is 0.456. The number of nitrogens with one attached hydrogen (secondary N) is 1. The van der Waals surface area contributed by atoms with Crippen LogP contribution in [0.3, 0.4) is 0 Å². The molecule has 0 radical (unpaired) electrons. The number of benzene rings is 1. The molecule has 0 atom stereocenters. The molecule has 3 aromatic heterocycles. The summed E-state index contributed by atoms with van der Waals surface area (Å²) >= 11 is 2.47. The zero-order valence-electron chi connectivity index (χ0n) is 14.4. The van der Waals surface area contributed by atoms with Gasteiger partial charge < -0.3 is 10.1 Å². The Bertz CT molecular complexity index is 1180. The van der Waals surface area contributed by atoms with Crippen molar-refractivity contribution < 1.29 is 22.7 Å². The van der Waals surface area contributed by atoms with E-state index in [-0.39, 0.29) is 18.1 Å². The summed E-state index contributed by atoms with van der Waals surface area (Å²) in [4.78, 5) is 16.3. The van der Waals surface area contributed by atoms with Crippen LogP contribution in [0.15, 0.2) is 41.7 Å². The molecule has 29 heavy (non-hydrogen) atoms. The average molecular weight is 440 g/mol. The highest BCUT2D eigenvalue weighted by molar-refractivity contribution is 7.99. The van der Waals surface area contributed by atoms with Gasteiger partial charge in [0.15, 0.2) is 10.8 Å². The van der Waals surface area contributed by atoms with E-state index in [1.54, 1.807) is 16.6 Å². The zero-order valence-corrected chi connectivity index (χ0v) is 16.0. The monoisotopic (exact) mass is 440 g/mol. The Balaban J connectivity index is 1.33. The van der Waals surface area contributed by atoms with Crippen molar-refractivity contribution in [1.29, 1.82) is 0 Å². The van der Waals surface area contributed by atoms with Gasteiger partial charge in [-0.05, 0) is 24.3 Å². The normalized spacial score (nSPS) is 11.8. The van der Waals surface area contributed by atoms with Gasteiger partial charge in [0.1, 0.15) is 17.1 Å². The lowest BCUT2D eigenvalue weighted by molar-refractivity contribution is -0.274. The summed E-state index contributed by atoms with van der Waals surface area (Å²) in [6.45, 7) is 0. The molecule has 3 heterocycles. The number of anilines is 1. The number of halogens is 3. The second-order valence-corrected chi connectivity index (χ2v) is 7.79. The van der Waals surface area contributed by atoms with E-state index in [1.165, 1.54) is 36.3 Å². The number of rotatable bonds is 6. The molecule has 4 aromatic rings. The molecule has 0 aliphatic rings. The fourth-order valence-corrected chi connectivity index (χ4v) is 4.09. The first kappa shape index (κ1) is 19.4. The Hall–Kier alpha value is -2.93. The van der Waals surface area contributed by atoms with Gasteiger partial charge in [-0.2, -0.15) is 9.61 Å². The Morgan fingerprint density at radius 3 is 2.97 bits per heavy atom. The fraction of sp³-hybridized carbons (Fsp3) is 0.188. The van der Waals surface area contributed by atoms with Gasteiger partial charge in [0, 0.05) is 18.2 Å². The SMILES string of the molecule is O=C(CCSc1ccc2nncn2n1)Nc1nc2ccc(OC(F)(F)F)cc2s1. The molecule has 1 amide bonds. The lowest BCUT2D eigenvalue weighted by Crippen LogP contribution is -2.16. The molecule has 0 saturated carbocycles. The van der Waals surface area contributed by atoms with Crippen LogP contribution in [0.5, 0.6) is 5.75 Å². The minimum Gasteiger partial charge on any atom is -0.406 e. The van der Waals surface area contributed by atoms with Crippen LogP contribution in [-0.2, 0) is 4.79 Å². The number of alkyl halides is 3. The fourth-order valence-electron chi connectivity index (χ4n) is 2.37. The molecule has 150 valence electrons. The molecule has 1 N–H and O–H groups in total. The predicted octanol–water partition coefficient (Wildman–Crippen LogP) is 3.75. The van der Waals surface area contributed by atoms with Gasteiger partial charge >= 0.3 is 6.36 Å². The number of amides is 1. The number of fused-ring (bicyclic) bond motifs is 2. The minimum atomic E-state index is -4.76. The van der Waals surface area contributed by atoms with E-state index in [1.807, 2.05) is 0 Å². The van der Waals surface area contributed by atoms with E-state index in [0.717, 1.165) is 16.4 Å². The molecule has 1 aromatic carbocycles. The molecule has 0 spiro atoms. The molecule has 4 rings (SSSR count). The van der Waals surface area contributed by atoms with Crippen molar-refractivity contribution >= 4 is 50.0 Å². The van der Waals surface area contributed by atoms with Crippen molar-refractivity contribution in [2.45, 2.75) is 17.8 Å². The molecule has 0 bridgehead atoms. The molecule has 0 fully saturated rings. The third-order valence-electron chi connectivity index (χ3n) is 3.56. The second-order valence-electron chi connectivity index (χ2n) is 5.65. The van der Waals surface area contributed by atoms with Crippen molar-refractivity contribution in [3.05, 3.63) is 36.7 Å². The Kier molecular flexibility index (Phi) is 5.24. The van der Waals surface area contributed by atoms with E-state index >= 15 is 0 Å². The van der Waals surface area contributed by atoms with Crippen LogP contribution >= 0.6 is 23.1 Å². The minimum absolute atomic E-state index is 0.213. The summed E-state index contributed by atoms with van der Waals surface area (Å²) in [5.74, 6) is -0.102. The standard InChI is InChI=1S/C16H11F3N6O2S2/c17-16(18,19)27-9-1-2-10-11(7-9)29-15(21-10)22-13(26)5-6-28-14-4-3-12-23-20-8-25(12)24-14/h1-4,7-8H,5-6H2,(H,21,22,26). The van der Waals surface area contributed by atoms with Crippen molar-refractivity contribution in [3.63, 3.8) is 0 Å². The van der Waals surface area contributed by atoms with Crippen molar-refractivity contribution in [1.82, 2.24) is 24.8 Å². The number of carbonyl (C=O) groups excluding carboxylic acids is 1. The topological polar surface area (TPSA) is 94.3 Å². The van der Waals surface area contributed by atoms with Crippen LogP contribution in [-0.4, -0.2) is 42.8 Å². The number of hydrogen-bond donors (Lipinski definition) is 1. The average Bonchev–Trinajstić information content (AvgIpc) is 3.25. The number of ether oxygens (including phenoxy) is 1. The largest absolute Gasteiger partial charge is 0.573 e.